The predicted octanol–water partition coefficient (Wildman–Crippen LogP) is 3.51. The topological polar surface area (TPSA) is 104 Å². The van der Waals surface area contributed by atoms with Crippen LogP contribution in [0.5, 0.6) is 0 Å². The number of anilines is 1. The lowest BCUT2D eigenvalue weighted by molar-refractivity contribution is -0.00114. The fourth-order valence-electron chi connectivity index (χ4n) is 3.21. The molecule has 1 aliphatic rings. The zero-order valence-corrected chi connectivity index (χ0v) is 16.2. The molecule has 9 heteroatoms. The van der Waals surface area contributed by atoms with Crippen LogP contribution in [0, 0.1) is 0 Å². The molecule has 2 heterocycles. The summed E-state index contributed by atoms with van der Waals surface area (Å²) < 4.78 is 10.5. The first-order chi connectivity index (χ1) is 13.5. The Bertz CT molecular complexity index is 854. The highest BCUT2D eigenvalue weighted by atomic mass is 35.5. The number of amides is 1. The minimum atomic E-state index is -0.998. The lowest BCUT2D eigenvalue weighted by Crippen LogP contribution is -2.43. The van der Waals surface area contributed by atoms with Crippen molar-refractivity contribution < 1.29 is 24.2 Å². The number of rotatable bonds is 6. The number of nitrogens with one attached hydrogen (secondary N) is 2. The van der Waals surface area contributed by atoms with E-state index in [4.69, 9.17) is 21.1 Å². The largest absolute Gasteiger partial charge is 0.465 e. The van der Waals surface area contributed by atoms with Gasteiger partial charge < -0.3 is 24.9 Å². The molecule has 28 heavy (non-hydrogen) atoms. The molecule has 1 atom stereocenters. The van der Waals surface area contributed by atoms with Crippen LogP contribution in [0.2, 0.25) is 5.02 Å². The van der Waals surface area contributed by atoms with E-state index in [0.717, 1.165) is 11.1 Å². The predicted molar refractivity (Wildman–Crippen MR) is 104 cm³/mol. The van der Waals surface area contributed by atoms with E-state index in [0.29, 0.717) is 36.1 Å². The Labute approximate surface area is 167 Å². The van der Waals surface area contributed by atoms with Gasteiger partial charge in [0, 0.05) is 24.3 Å². The molecule has 2 aromatic rings. The van der Waals surface area contributed by atoms with E-state index >= 15 is 0 Å². The molecule has 0 radical (unpaired) electrons. The normalized spacial score (nSPS) is 16.6. The number of hydrogen-bond donors (Lipinski definition) is 3. The molecule has 0 spiro atoms. The molecule has 1 aromatic carbocycles. The van der Waals surface area contributed by atoms with Gasteiger partial charge in [0.15, 0.2) is 0 Å². The van der Waals surface area contributed by atoms with Crippen LogP contribution in [0.25, 0.3) is 0 Å². The van der Waals surface area contributed by atoms with Gasteiger partial charge in [-0.25, -0.2) is 9.59 Å². The summed E-state index contributed by atoms with van der Waals surface area (Å²) in [6.45, 7) is 3.33. The molecule has 150 valence electrons. The number of morpholine rings is 1. The molecular weight excluding hydrogens is 386 g/mol. The highest BCUT2D eigenvalue weighted by Gasteiger charge is 2.30. The molecule has 3 N–H and O–H groups in total. The van der Waals surface area contributed by atoms with Crippen LogP contribution in [-0.2, 0) is 16.0 Å². The zero-order valence-electron chi connectivity index (χ0n) is 15.4. The maximum atomic E-state index is 12.0. The van der Waals surface area contributed by atoms with E-state index in [-0.39, 0.29) is 13.2 Å². The molecule has 1 aromatic heterocycles. The van der Waals surface area contributed by atoms with E-state index in [9.17, 15) is 14.7 Å². The number of carbonyl (C=O) groups is 2. The number of nitrogens with zero attached hydrogens (tertiary/aromatic N) is 1. The van der Waals surface area contributed by atoms with Crippen LogP contribution >= 0.6 is 11.6 Å². The van der Waals surface area contributed by atoms with E-state index in [1.54, 1.807) is 31.3 Å². The highest BCUT2D eigenvalue weighted by Crippen LogP contribution is 2.30. The zero-order chi connectivity index (χ0) is 20.1. The summed E-state index contributed by atoms with van der Waals surface area (Å²) >= 11 is 6.17. The second-order valence-electron chi connectivity index (χ2n) is 6.25. The molecule has 3 rings (SSSR count). The number of aromatic nitrogens is 1. The molecular formula is C19H22ClN3O5. The molecule has 1 saturated heterocycles. The summed E-state index contributed by atoms with van der Waals surface area (Å²) in [5, 5.41) is 13.3. The lowest BCUT2D eigenvalue weighted by Gasteiger charge is -2.35. The molecule has 0 bridgehead atoms. The van der Waals surface area contributed by atoms with Gasteiger partial charge in [0.2, 0.25) is 0 Å². The van der Waals surface area contributed by atoms with Gasteiger partial charge in [-0.05, 0) is 36.2 Å². The SMILES string of the molecule is CCOC(=O)c1[nH]ccc1NCc1ccc(Cl)cc1C1COCCN1C(=O)O. The molecule has 1 fully saturated rings. The third-order valence-corrected chi connectivity index (χ3v) is 4.77. The second-order valence-corrected chi connectivity index (χ2v) is 6.69. The van der Waals surface area contributed by atoms with Crippen molar-refractivity contribution in [3.63, 3.8) is 0 Å². The fourth-order valence-corrected chi connectivity index (χ4v) is 3.39. The third-order valence-electron chi connectivity index (χ3n) is 4.54. The molecule has 1 unspecified atom stereocenters. The standard InChI is InChI=1S/C19H22ClN3O5/c1-2-28-18(24)17-15(5-6-21-17)22-10-12-3-4-13(20)9-14(12)16-11-27-8-7-23(16)19(25)26/h3-6,9,16,21-22H,2,7-8,10-11H2,1H3,(H,25,26). The van der Waals surface area contributed by atoms with Crippen molar-refractivity contribution in [2.75, 3.05) is 31.7 Å². The summed E-state index contributed by atoms with van der Waals surface area (Å²) in [7, 11) is 0. The van der Waals surface area contributed by atoms with Crippen LogP contribution in [0.4, 0.5) is 10.5 Å². The smallest absolute Gasteiger partial charge is 0.407 e. The Morgan fingerprint density at radius 3 is 3.00 bits per heavy atom. The number of aromatic amines is 1. The summed E-state index contributed by atoms with van der Waals surface area (Å²) in [6.07, 6.45) is 0.654. The Balaban J connectivity index is 1.83. The fraction of sp³-hybridized carbons (Fsp3) is 0.368. The maximum Gasteiger partial charge on any atom is 0.407 e. The van der Waals surface area contributed by atoms with E-state index in [2.05, 4.69) is 10.3 Å². The molecule has 8 nitrogen and oxygen atoms in total. The van der Waals surface area contributed by atoms with E-state index < -0.39 is 18.1 Å². The second kappa shape index (κ2) is 8.99. The van der Waals surface area contributed by atoms with Crippen molar-refractivity contribution in [2.24, 2.45) is 0 Å². The summed E-state index contributed by atoms with van der Waals surface area (Å²) in [5.74, 6) is -0.441. The van der Waals surface area contributed by atoms with Gasteiger partial charge in [-0.15, -0.1) is 0 Å². The monoisotopic (exact) mass is 407 g/mol. The van der Waals surface area contributed by atoms with Gasteiger partial charge in [0.1, 0.15) is 5.69 Å². The number of hydrogen-bond acceptors (Lipinski definition) is 5. The lowest BCUT2D eigenvalue weighted by atomic mass is 9.98. The van der Waals surface area contributed by atoms with Crippen LogP contribution in [0.1, 0.15) is 34.6 Å². The van der Waals surface area contributed by atoms with Gasteiger partial charge in [-0.2, -0.15) is 0 Å². The number of carboxylic acid groups (broad SMARTS) is 1. The average Bonchev–Trinajstić information content (AvgIpc) is 3.16. The van der Waals surface area contributed by atoms with E-state index in [1.807, 2.05) is 6.07 Å². The number of esters is 1. The quantitative estimate of drug-likeness (QED) is 0.633. The number of ether oxygens (including phenoxy) is 2. The Hall–Kier alpha value is -2.71. The summed E-state index contributed by atoms with van der Waals surface area (Å²) in [4.78, 5) is 27.9. The van der Waals surface area contributed by atoms with Crippen molar-refractivity contribution in [2.45, 2.75) is 19.5 Å². The minimum absolute atomic E-state index is 0.262. The van der Waals surface area contributed by atoms with E-state index in [1.165, 1.54) is 4.90 Å². The Morgan fingerprint density at radius 2 is 2.25 bits per heavy atom. The first-order valence-corrected chi connectivity index (χ1v) is 9.33. The van der Waals surface area contributed by atoms with Crippen molar-refractivity contribution >= 4 is 29.4 Å². The highest BCUT2D eigenvalue weighted by molar-refractivity contribution is 6.30. The summed E-state index contributed by atoms with van der Waals surface area (Å²) in [6, 6.07) is 6.65. The van der Waals surface area contributed by atoms with Crippen LogP contribution in [0.3, 0.4) is 0 Å². The Kier molecular flexibility index (Phi) is 6.43. The Morgan fingerprint density at radius 1 is 1.43 bits per heavy atom. The first kappa shape index (κ1) is 20.0. The average molecular weight is 408 g/mol. The first-order valence-electron chi connectivity index (χ1n) is 8.95. The van der Waals surface area contributed by atoms with Crippen molar-refractivity contribution in [3.05, 3.63) is 52.3 Å². The molecule has 0 aliphatic carbocycles. The van der Waals surface area contributed by atoms with Gasteiger partial charge in [-0.1, -0.05) is 17.7 Å². The number of halogens is 1. The van der Waals surface area contributed by atoms with Crippen molar-refractivity contribution in [1.29, 1.82) is 0 Å². The van der Waals surface area contributed by atoms with Gasteiger partial charge >= 0.3 is 12.1 Å². The minimum Gasteiger partial charge on any atom is -0.465 e. The molecule has 1 aliphatic heterocycles. The van der Waals surface area contributed by atoms with Crippen LogP contribution in [0.15, 0.2) is 30.5 Å². The maximum absolute atomic E-state index is 12.0. The molecule has 0 saturated carbocycles. The third kappa shape index (κ3) is 4.40. The van der Waals surface area contributed by atoms with Gasteiger partial charge in [0.25, 0.3) is 0 Å². The van der Waals surface area contributed by atoms with Crippen molar-refractivity contribution in [1.82, 2.24) is 9.88 Å². The van der Waals surface area contributed by atoms with Gasteiger partial charge in [-0.3, -0.25) is 4.90 Å². The number of H-pyrrole nitrogens is 1. The van der Waals surface area contributed by atoms with Crippen LogP contribution < -0.4 is 5.32 Å². The van der Waals surface area contributed by atoms with Crippen LogP contribution in [-0.4, -0.2) is 53.4 Å². The van der Waals surface area contributed by atoms with Crippen molar-refractivity contribution in [3.8, 4) is 0 Å². The summed E-state index contributed by atoms with van der Waals surface area (Å²) in [5.41, 5.74) is 2.58. The number of benzene rings is 1. The number of carbonyl (C=O) groups excluding carboxylic acids is 1. The van der Waals surface area contributed by atoms with Gasteiger partial charge in [0.05, 0.1) is 31.5 Å². The molecule has 1 amide bonds.